The molecule has 0 aliphatic heterocycles. The lowest BCUT2D eigenvalue weighted by Crippen LogP contribution is -2.21. The number of carboxylic acid groups (broad SMARTS) is 2. The van der Waals surface area contributed by atoms with Crippen molar-refractivity contribution in [2.45, 2.75) is 18.9 Å². The smallest absolute Gasteiger partial charge is 0.475 e. The zero-order chi connectivity index (χ0) is 21.6. The van der Waals surface area contributed by atoms with Crippen molar-refractivity contribution < 1.29 is 46.1 Å². The molecule has 0 bridgehead atoms. The molecule has 0 amide bonds. The van der Waals surface area contributed by atoms with E-state index in [4.69, 9.17) is 31.3 Å². The Morgan fingerprint density at radius 2 is 1.48 bits per heavy atom. The van der Waals surface area contributed by atoms with Gasteiger partial charge in [0.15, 0.2) is 0 Å². The van der Waals surface area contributed by atoms with Gasteiger partial charge in [-0.15, -0.1) is 0 Å². The second-order valence-corrected chi connectivity index (χ2v) is 4.30. The first-order valence-corrected chi connectivity index (χ1v) is 6.27. The van der Waals surface area contributed by atoms with E-state index >= 15 is 0 Å². The molecule has 27 heavy (non-hydrogen) atoms. The van der Waals surface area contributed by atoms with Crippen molar-refractivity contribution >= 4 is 28.9 Å². The van der Waals surface area contributed by atoms with Gasteiger partial charge in [0.1, 0.15) is 5.65 Å². The van der Waals surface area contributed by atoms with Crippen LogP contribution in [0.15, 0.2) is 11.0 Å². The molecule has 0 aliphatic rings. The summed E-state index contributed by atoms with van der Waals surface area (Å²) in [5.74, 6) is -5.41. The van der Waals surface area contributed by atoms with Gasteiger partial charge >= 0.3 is 24.3 Å². The van der Waals surface area contributed by atoms with Crippen molar-refractivity contribution in [1.82, 2.24) is 15.0 Å². The molecule has 2 aromatic heterocycles. The van der Waals surface area contributed by atoms with Crippen LogP contribution in [0.1, 0.15) is 5.56 Å². The average Bonchev–Trinajstić information content (AvgIpc) is 2.89. The van der Waals surface area contributed by atoms with Gasteiger partial charge in [0, 0.05) is 12.7 Å². The first-order chi connectivity index (χ1) is 12.1. The number of hydrogen-bond donors (Lipinski definition) is 6. The normalized spacial score (nSPS) is 11.1. The maximum Gasteiger partial charge on any atom is 0.490 e. The molecule has 0 saturated carbocycles. The van der Waals surface area contributed by atoms with Crippen LogP contribution in [0, 0.1) is 0 Å². The van der Waals surface area contributed by atoms with Crippen LogP contribution in [-0.2, 0) is 16.1 Å². The molecular formula is C11H11F6N5O5. The highest BCUT2D eigenvalue weighted by Gasteiger charge is 2.38. The number of nitrogens with zero attached hydrogens (tertiary/aromatic N) is 1. The van der Waals surface area contributed by atoms with Crippen LogP contribution >= 0.6 is 0 Å². The van der Waals surface area contributed by atoms with E-state index in [0.29, 0.717) is 17.6 Å². The van der Waals surface area contributed by atoms with Gasteiger partial charge in [-0.2, -0.15) is 31.3 Å². The molecule has 0 radical (unpaired) electrons. The zero-order valence-corrected chi connectivity index (χ0v) is 12.8. The second kappa shape index (κ2) is 8.88. The molecule has 0 aliphatic carbocycles. The molecule has 16 heteroatoms. The number of aliphatic carboxylic acids is 2. The van der Waals surface area contributed by atoms with Crippen LogP contribution in [0.5, 0.6) is 0 Å². The minimum Gasteiger partial charge on any atom is -0.475 e. The third-order valence-corrected chi connectivity index (χ3v) is 2.35. The van der Waals surface area contributed by atoms with Gasteiger partial charge in [-0.05, 0) is 5.56 Å². The van der Waals surface area contributed by atoms with Crippen LogP contribution in [0.25, 0.3) is 11.0 Å². The van der Waals surface area contributed by atoms with Gasteiger partial charge in [-0.1, -0.05) is 0 Å². The minimum atomic E-state index is -5.08. The Hall–Kier alpha value is -3.30. The molecule has 0 atom stereocenters. The Kier molecular flexibility index (Phi) is 7.79. The maximum absolute atomic E-state index is 11.4. The zero-order valence-electron chi connectivity index (χ0n) is 12.8. The largest absolute Gasteiger partial charge is 0.490 e. The molecule has 0 unspecified atom stereocenters. The van der Waals surface area contributed by atoms with Crippen molar-refractivity contribution in [2.24, 2.45) is 5.73 Å². The van der Waals surface area contributed by atoms with E-state index < -0.39 is 24.3 Å². The summed E-state index contributed by atoms with van der Waals surface area (Å²) in [6.45, 7) is 0.300. The molecule has 0 aromatic carbocycles. The number of carboxylic acids is 2. The molecule has 10 nitrogen and oxygen atoms in total. The number of nitrogens with two attached hydrogens (primary N) is 2. The maximum atomic E-state index is 11.4. The van der Waals surface area contributed by atoms with Gasteiger partial charge in [-0.3, -0.25) is 9.78 Å². The second-order valence-electron chi connectivity index (χ2n) is 4.30. The Balaban J connectivity index is 0.000000416. The molecule has 0 saturated heterocycles. The Morgan fingerprint density at radius 1 is 1.07 bits per heavy atom. The van der Waals surface area contributed by atoms with Gasteiger partial charge in [0.25, 0.3) is 5.56 Å². The number of nitrogens with one attached hydrogen (secondary N) is 2. The van der Waals surface area contributed by atoms with Gasteiger partial charge in [0.05, 0.1) is 5.39 Å². The predicted molar refractivity (Wildman–Crippen MR) is 76.4 cm³/mol. The minimum absolute atomic E-state index is 0.0999. The average molecular weight is 407 g/mol. The molecular weight excluding hydrogens is 396 g/mol. The standard InChI is InChI=1S/C7H9N5O.2C2HF3O2/c8-1-3-2-10-5-4(3)6(13)12-7(9)11-5;2*3-2(4,5)1(6)7/h2H,1,8H2,(H4,9,10,11,12,13);2*(H,6,7). The fraction of sp³-hybridized carbons (Fsp3) is 0.273. The van der Waals surface area contributed by atoms with E-state index in [2.05, 4.69) is 15.0 Å². The van der Waals surface area contributed by atoms with E-state index in [1.165, 1.54) is 0 Å². The van der Waals surface area contributed by atoms with Crippen LogP contribution in [0.4, 0.5) is 32.3 Å². The number of rotatable bonds is 1. The number of carbonyl (C=O) groups is 2. The van der Waals surface area contributed by atoms with Crippen molar-refractivity contribution in [3.05, 3.63) is 22.1 Å². The summed E-state index contributed by atoms with van der Waals surface area (Å²) >= 11 is 0. The first kappa shape index (κ1) is 23.7. The lowest BCUT2D eigenvalue weighted by Gasteiger charge is -1.93. The van der Waals surface area contributed by atoms with Crippen LogP contribution in [0.3, 0.4) is 0 Å². The van der Waals surface area contributed by atoms with Crippen LogP contribution in [0.2, 0.25) is 0 Å². The SMILES string of the molecule is NCc1c[nH]c2nc(N)[nH]c(=O)c12.O=C(O)C(F)(F)F.O=C(O)C(F)(F)F. The predicted octanol–water partition coefficient (Wildman–Crippen LogP) is 0.559. The number of hydrogen-bond acceptors (Lipinski definition) is 6. The highest BCUT2D eigenvalue weighted by Crippen LogP contribution is 2.13. The summed E-state index contributed by atoms with van der Waals surface area (Å²) < 4.78 is 63.5. The van der Waals surface area contributed by atoms with E-state index in [-0.39, 0.29) is 11.5 Å². The third kappa shape index (κ3) is 7.63. The molecule has 0 fully saturated rings. The summed E-state index contributed by atoms with van der Waals surface area (Å²) in [5.41, 5.74) is 11.7. The van der Waals surface area contributed by atoms with Crippen LogP contribution < -0.4 is 17.0 Å². The third-order valence-electron chi connectivity index (χ3n) is 2.35. The lowest BCUT2D eigenvalue weighted by molar-refractivity contribution is -0.193. The Bertz CT molecular complexity index is 832. The molecule has 152 valence electrons. The van der Waals surface area contributed by atoms with Crippen molar-refractivity contribution in [2.75, 3.05) is 5.73 Å². The van der Waals surface area contributed by atoms with E-state index in [9.17, 15) is 31.1 Å². The molecule has 2 aromatic rings. The number of aromatic amines is 2. The highest BCUT2D eigenvalue weighted by molar-refractivity contribution is 5.79. The molecule has 2 rings (SSSR count). The number of H-pyrrole nitrogens is 2. The number of alkyl halides is 6. The van der Waals surface area contributed by atoms with Crippen LogP contribution in [-0.4, -0.2) is 49.5 Å². The topological polar surface area (TPSA) is 188 Å². The summed E-state index contributed by atoms with van der Waals surface area (Å²) in [7, 11) is 0. The number of nitrogen functional groups attached to an aromatic ring is 1. The summed E-state index contributed by atoms with van der Waals surface area (Å²) in [4.78, 5) is 38.3. The number of halogens is 6. The quantitative estimate of drug-likeness (QED) is 0.370. The first-order valence-electron chi connectivity index (χ1n) is 6.27. The van der Waals surface area contributed by atoms with Crippen molar-refractivity contribution in [3.63, 3.8) is 0 Å². The summed E-state index contributed by atoms with van der Waals surface area (Å²) in [5, 5.41) is 14.7. The van der Waals surface area contributed by atoms with Gasteiger partial charge < -0.3 is 26.7 Å². The number of fused-ring (bicyclic) bond motifs is 1. The Morgan fingerprint density at radius 3 is 1.81 bits per heavy atom. The summed E-state index contributed by atoms with van der Waals surface area (Å²) in [6, 6.07) is 0. The lowest BCUT2D eigenvalue weighted by atomic mass is 10.2. The van der Waals surface area contributed by atoms with E-state index in [0.717, 1.165) is 5.56 Å². The fourth-order valence-corrected chi connectivity index (χ4v) is 1.28. The highest BCUT2D eigenvalue weighted by atomic mass is 19.4. The van der Waals surface area contributed by atoms with Gasteiger partial charge in [-0.25, -0.2) is 9.59 Å². The molecule has 8 N–H and O–H groups in total. The number of aromatic nitrogens is 3. The Labute approximate surface area is 143 Å². The molecule has 0 spiro atoms. The molecule has 2 heterocycles. The summed E-state index contributed by atoms with van der Waals surface area (Å²) in [6.07, 6.45) is -8.51. The fourth-order valence-electron chi connectivity index (χ4n) is 1.28. The van der Waals surface area contributed by atoms with Crippen molar-refractivity contribution in [3.8, 4) is 0 Å². The monoisotopic (exact) mass is 407 g/mol. The van der Waals surface area contributed by atoms with Gasteiger partial charge in [0.2, 0.25) is 5.95 Å². The number of anilines is 1. The van der Waals surface area contributed by atoms with E-state index in [1.807, 2.05) is 0 Å². The van der Waals surface area contributed by atoms with E-state index in [1.54, 1.807) is 6.20 Å². The van der Waals surface area contributed by atoms with Crippen molar-refractivity contribution in [1.29, 1.82) is 0 Å².